The van der Waals surface area contributed by atoms with Crippen molar-refractivity contribution in [1.82, 2.24) is 20.4 Å². The van der Waals surface area contributed by atoms with Crippen molar-refractivity contribution in [2.45, 2.75) is 52.1 Å². The van der Waals surface area contributed by atoms with Crippen molar-refractivity contribution in [3.05, 3.63) is 18.5 Å². The molecule has 3 rings (SSSR count). The molecule has 0 aromatic carbocycles. The van der Waals surface area contributed by atoms with Gasteiger partial charge in [0, 0.05) is 18.4 Å². The molecule has 1 aromatic heterocycles. The number of piperidine rings is 1. The smallest absolute Gasteiger partial charge is 0.248 e. The molecule has 0 atom stereocenters. The lowest BCUT2D eigenvalue weighted by molar-refractivity contribution is -0.132. The van der Waals surface area contributed by atoms with Gasteiger partial charge in [-0.05, 0) is 42.8 Å². The molecular weight excluding hydrogens is 300 g/mol. The molecule has 0 unspecified atom stereocenters. The van der Waals surface area contributed by atoms with Crippen LogP contribution in [0.5, 0.6) is 0 Å². The molecule has 2 aliphatic rings. The Morgan fingerprint density at radius 1 is 1.23 bits per heavy atom. The maximum Gasteiger partial charge on any atom is 0.248 e. The van der Waals surface area contributed by atoms with E-state index in [1.807, 2.05) is 16.9 Å². The minimum atomic E-state index is -0.538. The van der Waals surface area contributed by atoms with Crippen LogP contribution in [0.25, 0.3) is 0 Å². The van der Waals surface area contributed by atoms with E-state index >= 15 is 0 Å². The van der Waals surface area contributed by atoms with Crippen molar-refractivity contribution in [3.63, 3.8) is 0 Å². The van der Waals surface area contributed by atoms with E-state index in [-0.39, 0.29) is 35.2 Å². The number of carbonyl (C=O) groups excluding carboxylic acids is 1. The van der Waals surface area contributed by atoms with Crippen LogP contribution >= 0.6 is 12.4 Å². The summed E-state index contributed by atoms with van der Waals surface area (Å²) < 4.78 is 1.85. The van der Waals surface area contributed by atoms with Crippen LogP contribution in [-0.2, 0) is 10.3 Å². The second kappa shape index (κ2) is 5.53. The first-order chi connectivity index (χ1) is 9.82. The van der Waals surface area contributed by atoms with E-state index in [9.17, 15) is 4.79 Å². The van der Waals surface area contributed by atoms with Gasteiger partial charge in [-0.3, -0.25) is 9.48 Å². The largest absolute Gasteiger partial charge is 0.350 e. The van der Waals surface area contributed by atoms with Gasteiger partial charge in [-0.2, -0.15) is 5.10 Å². The lowest BCUT2D eigenvalue weighted by Crippen LogP contribution is -2.55. The summed E-state index contributed by atoms with van der Waals surface area (Å²) in [4.78, 5) is 13.0. The maximum atomic E-state index is 13.0. The number of carbonyl (C=O) groups is 1. The highest BCUT2D eigenvalue weighted by molar-refractivity contribution is 5.85. The fourth-order valence-electron chi connectivity index (χ4n) is 3.75. The van der Waals surface area contributed by atoms with Crippen LogP contribution in [0.4, 0.5) is 0 Å². The van der Waals surface area contributed by atoms with Crippen LogP contribution < -0.4 is 10.6 Å². The summed E-state index contributed by atoms with van der Waals surface area (Å²) in [6, 6.07) is 2.13. The number of halogens is 1. The summed E-state index contributed by atoms with van der Waals surface area (Å²) in [7, 11) is 0. The van der Waals surface area contributed by atoms with Crippen LogP contribution in [0.3, 0.4) is 0 Å². The predicted octanol–water partition coefficient (Wildman–Crippen LogP) is 1.93. The summed E-state index contributed by atoms with van der Waals surface area (Å²) in [6.45, 7) is 10.6. The third-order valence-corrected chi connectivity index (χ3v) is 6.09. The summed E-state index contributed by atoms with van der Waals surface area (Å²) in [6.07, 6.45) is 5.23. The van der Waals surface area contributed by atoms with E-state index in [0.29, 0.717) is 0 Å². The Kier molecular flexibility index (Phi) is 4.35. The molecule has 1 aliphatic heterocycles. The lowest BCUT2D eigenvalue weighted by Gasteiger charge is -2.36. The molecule has 1 aromatic rings. The molecule has 5 nitrogen and oxygen atoms in total. The van der Waals surface area contributed by atoms with Crippen molar-refractivity contribution in [2.75, 3.05) is 13.1 Å². The summed E-state index contributed by atoms with van der Waals surface area (Å²) in [5.41, 5.74) is -0.231. The standard InChI is InChI=1S/C16H26N4O.ClH/c1-14(2)12(15(14,3)4)19-13(21)16(6-9-17-10-7-16)20-11-5-8-18-20;/h5,8,11-12,17H,6-7,9-10H2,1-4H3,(H,19,21);1H. The number of rotatable bonds is 3. The monoisotopic (exact) mass is 326 g/mol. The highest BCUT2D eigenvalue weighted by Gasteiger charge is 2.66. The number of hydrogen-bond donors (Lipinski definition) is 2. The average Bonchev–Trinajstić information content (AvgIpc) is 2.89. The Balaban J connectivity index is 0.00000176. The first-order valence-corrected chi connectivity index (χ1v) is 7.84. The van der Waals surface area contributed by atoms with Crippen LogP contribution in [0, 0.1) is 10.8 Å². The molecule has 1 saturated carbocycles. The molecule has 1 amide bonds. The minimum Gasteiger partial charge on any atom is -0.350 e. The highest BCUT2D eigenvalue weighted by atomic mass is 35.5. The molecule has 0 bridgehead atoms. The third-order valence-electron chi connectivity index (χ3n) is 6.09. The molecule has 2 heterocycles. The first kappa shape index (κ1) is 17.3. The van der Waals surface area contributed by atoms with Gasteiger partial charge in [0.25, 0.3) is 0 Å². The Morgan fingerprint density at radius 2 is 1.82 bits per heavy atom. The highest BCUT2D eigenvalue weighted by Crippen LogP contribution is 2.62. The van der Waals surface area contributed by atoms with E-state index in [1.54, 1.807) is 6.20 Å². The van der Waals surface area contributed by atoms with Crippen molar-refractivity contribution < 1.29 is 4.79 Å². The third kappa shape index (κ3) is 2.35. The molecular formula is C16H27ClN4O. The maximum absolute atomic E-state index is 13.0. The second-order valence-electron chi connectivity index (χ2n) is 7.58. The number of nitrogens with zero attached hydrogens (tertiary/aromatic N) is 2. The molecule has 1 aliphatic carbocycles. The van der Waals surface area contributed by atoms with Crippen molar-refractivity contribution >= 4 is 18.3 Å². The van der Waals surface area contributed by atoms with Crippen LogP contribution in [0.15, 0.2) is 18.5 Å². The van der Waals surface area contributed by atoms with Gasteiger partial charge in [-0.1, -0.05) is 27.7 Å². The van der Waals surface area contributed by atoms with E-state index in [2.05, 4.69) is 43.4 Å². The minimum absolute atomic E-state index is 0. The quantitative estimate of drug-likeness (QED) is 0.892. The van der Waals surface area contributed by atoms with Crippen molar-refractivity contribution in [1.29, 1.82) is 0 Å². The Bertz CT molecular complexity index is 518. The van der Waals surface area contributed by atoms with E-state index in [1.165, 1.54) is 0 Å². The molecule has 1 saturated heterocycles. The molecule has 0 spiro atoms. The molecule has 124 valence electrons. The zero-order chi connectivity index (χ0) is 15.3. The Labute approximate surface area is 138 Å². The summed E-state index contributed by atoms with van der Waals surface area (Å²) in [5.74, 6) is 0.122. The van der Waals surface area contributed by atoms with Crippen LogP contribution in [-0.4, -0.2) is 34.8 Å². The van der Waals surface area contributed by atoms with Crippen LogP contribution in [0.1, 0.15) is 40.5 Å². The molecule has 2 N–H and O–H groups in total. The summed E-state index contributed by atoms with van der Waals surface area (Å²) in [5, 5.41) is 11.0. The Morgan fingerprint density at radius 3 is 2.27 bits per heavy atom. The number of nitrogens with one attached hydrogen (secondary N) is 2. The van der Waals surface area contributed by atoms with Crippen molar-refractivity contribution in [3.8, 4) is 0 Å². The van der Waals surface area contributed by atoms with Crippen molar-refractivity contribution in [2.24, 2.45) is 10.8 Å². The Hall–Kier alpha value is -1.07. The molecule has 2 fully saturated rings. The zero-order valence-electron chi connectivity index (χ0n) is 13.8. The van der Waals surface area contributed by atoms with Gasteiger partial charge >= 0.3 is 0 Å². The fraction of sp³-hybridized carbons (Fsp3) is 0.750. The summed E-state index contributed by atoms with van der Waals surface area (Å²) >= 11 is 0. The van der Waals surface area contributed by atoms with Gasteiger partial charge in [0.2, 0.25) is 5.91 Å². The second-order valence-corrected chi connectivity index (χ2v) is 7.58. The van der Waals surface area contributed by atoms with Gasteiger partial charge in [-0.25, -0.2) is 0 Å². The van der Waals surface area contributed by atoms with Gasteiger partial charge in [0.1, 0.15) is 5.54 Å². The normalized spacial score (nSPS) is 25.1. The fourth-order valence-corrected chi connectivity index (χ4v) is 3.75. The van der Waals surface area contributed by atoms with E-state index < -0.39 is 5.54 Å². The number of aromatic nitrogens is 2. The SMILES string of the molecule is CC1(C)C(NC(=O)C2(n3cccn3)CCNCC2)C1(C)C.Cl. The van der Waals surface area contributed by atoms with Gasteiger partial charge < -0.3 is 10.6 Å². The van der Waals surface area contributed by atoms with E-state index in [4.69, 9.17) is 0 Å². The number of amides is 1. The van der Waals surface area contributed by atoms with Crippen LogP contribution in [0.2, 0.25) is 0 Å². The van der Waals surface area contributed by atoms with Gasteiger partial charge in [0.15, 0.2) is 0 Å². The topological polar surface area (TPSA) is 59.0 Å². The first-order valence-electron chi connectivity index (χ1n) is 7.84. The lowest BCUT2D eigenvalue weighted by atomic mass is 9.87. The van der Waals surface area contributed by atoms with Gasteiger partial charge in [0.05, 0.1) is 0 Å². The predicted molar refractivity (Wildman–Crippen MR) is 89.0 cm³/mol. The van der Waals surface area contributed by atoms with Gasteiger partial charge in [-0.15, -0.1) is 12.4 Å². The average molecular weight is 327 g/mol. The molecule has 0 radical (unpaired) electrons. The molecule has 22 heavy (non-hydrogen) atoms. The van der Waals surface area contributed by atoms with E-state index in [0.717, 1.165) is 25.9 Å². The number of hydrogen-bond acceptors (Lipinski definition) is 3. The molecule has 6 heteroatoms. The zero-order valence-corrected chi connectivity index (χ0v) is 14.7.